The number of furan rings is 1. The van der Waals surface area contributed by atoms with Crippen LogP contribution < -0.4 is 20.1 Å². The van der Waals surface area contributed by atoms with E-state index in [0.29, 0.717) is 47.0 Å². The van der Waals surface area contributed by atoms with Crippen LogP contribution in [0.1, 0.15) is 48.6 Å². The highest BCUT2D eigenvalue weighted by Gasteiger charge is 2.42. The number of pyridine rings is 1. The molecule has 0 radical (unpaired) electrons. The molecular weight excluding hydrogens is 458 g/mol. The first kappa shape index (κ1) is 22.2. The van der Waals surface area contributed by atoms with E-state index in [9.17, 15) is 9.59 Å². The molecule has 0 spiro atoms. The number of fused-ring (bicyclic) bond motifs is 1. The lowest BCUT2D eigenvalue weighted by Crippen LogP contribution is -2.37. The van der Waals surface area contributed by atoms with E-state index >= 15 is 0 Å². The molecule has 0 fully saturated rings. The van der Waals surface area contributed by atoms with Crippen LogP contribution in [0.25, 0.3) is 0 Å². The van der Waals surface area contributed by atoms with Crippen LogP contribution in [0.5, 0.6) is 11.5 Å². The third-order valence-electron chi connectivity index (χ3n) is 6.88. The molecule has 8 nitrogen and oxygen atoms in total. The Morgan fingerprint density at radius 3 is 2.72 bits per heavy atom. The summed E-state index contributed by atoms with van der Waals surface area (Å²) >= 11 is 0. The van der Waals surface area contributed by atoms with Gasteiger partial charge in [-0.15, -0.1) is 0 Å². The van der Waals surface area contributed by atoms with Gasteiger partial charge in [-0.25, -0.2) is 4.98 Å². The summed E-state index contributed by atoms with van der Waals surface area (Å²) in [6, 6.07) is 14.8. The Morgan fingerprint density at radius 1 is 1.06 bits per heavy atom. The van der Waals surface area contributed by atoms with Gasteiger partial charge in [0, 0.05) is 46.5 Å². The van der Waals surface area contributed by atoms with Crippen molar-refractivity contribution in [3.05, 3.63) is 94.4 Å². The fraction of sp³-hybridized carbons (Fsp3) is 0.250. The first-order valence-electron chi connectivity index (χ1n) is 11.9. The van der Waals surface area contributed by atoms with Crippen molar-refractivity contribution in [1.29, 1.82) is 0 Å². The summed E-state index contributed by atoms with van der Waals surface area (Å²) in [4.78, 5) is 31.8. The second-order valence-electron chi connectivity index (χ2n) is 9.26. The van der Waals surface area contributed by atoms with Crippen LogP contribution >= 0.6 is 0 Å². The molecule has 2 aromatic heterocycles. The molecule has 182 valence electrons. The molecule has 2 atom stereocenters. The number of benzene rings is 1. The maximum absolute atomic E-state index is 13.7. The fourth-order valence-corrected chi connectivity index (χ4v) is 5.29. The van der Waals surface area contributed by atoms with Crippen molar-refractivity contribution in [1.82, 2.24) is 10.3 Å². The van der Waals surface area contributed by atoms with E-state index in [1.54, 1.807) is 12.3 Å². The molecule has 0 bridgehead atoms. The molecule has 0 saturated heterocycles. The van der Waals surface area contributed by atoms with E-state index in [0.717, 1.165) is 22.7 Å². The minimum Gasteiger partial charge on any atom is -0.469 e. The number of ether oxygens (including phenoxy) is 2. The molecule has 3 aromatic rings. The predicted octanol–water partition coefficient (Wildman–Crippen LogP) is 4.71. The molecule has 1 aliphatic carbocycles. The second-order valence-corrected chi connectivity index (χ2v) is 9.26. The van der Waals surface area contributed by atoms with Crippen LogP contribution in [0, 0.1) is 6.92 Å². The van der Waals surface area contributed by atoms with E-state index in [1.165, 1.54) is 0 Å². The number of carbonyl (C=O) groups is 2. The van der Waals surface area contributed by atoms with Crippen molar-refractivity contribution >= 4 is 17.5 Å². The predicted molar refractivity (Wildman–Crippen MR) is 131 cm³/mol. The number of aryl methyl sites for hydroxylation is 1. The van der Waals surface area contributed by atoms with Crippen LogP contribution in [0.2, 0.25) is 0 Å². The molecule has 36 heavy (non-hydrogen) atoms. The standard InChI is InChI=1S/C28H25N3O5/c1-15-5-3-7-24(29-15)31-28(33)25-16(2)30-19-11-18(21-6-4-10-34-21)12-20(32)27(19)26(25)17-8-9-22-23(13-17)36-14-35-22/h3-10,13,18,26,30H,11-12,14H2,1-2H3,(H,29,31,33)/t18-,26-/m1/s1. The van der Waals surface area contributed by atoms with Gasteiger partial charge in [-0.05, 0) is 62.2 Å². The molecule has 3 aliphatic rings. The summed E-state index contributed by atoms with van der Waals surface area (Å²) in [7, 11) is 0. The monoisotopic (exact) mass is 483 g/mol. The zero-order chi connectivity index (χ0) is 24.8. The molecule has 6 rings (SSSR count). The molecule has 8 heteroatoms. The smallest absolute Gasteiger partial charge is 0.255 e. The lowest BCUT2D eigenvalue weighted by molar-refractivity contribution is -0.116. The van der Waals surface area contributed by atoms with Crippen molar-refractivity contribution in [2.45, 2.75) is 38.5 Å². The Bertz CT molecular complexity index is 1440. The third-order valence-corrected chi connectivity index (χ3v) is 6.88. The Kier molecular flexibility index (Phi) is 5.36. The topological polar surface area (TPSA) is 103 Å². The van der Waals surface area contributed by atoms with Gasteiger partial charge < -0.3 is 24.5 Å². The third kappa shape index (κ3) is 3.84. The van der Waals surface area contributed by atoms with E-state index in [-0.39, 0.29) is 24.4 Å². The fourth-order valence-electron chi connectivity index (χ4n) is 5.29. The van der Waals surface area contributed by atoms with E-state index < -0.39 is 5.92 Å². The summed E-state index contributed by atoms with van der Waals surface area (Å²) in [5.74, 6) is 1.53. The van der Waals surface area contributed by atoms with Crippen molar-refractivity contribution < 1.29 is 23.5 Å². The number of amides is 1. The van der Waals surface area contributed by atoms with Crippen LogP contribution in [0.15, 0.2) is 81.8 Å². The van der Waals surface area contributed by atoms with Gasteiger partial charge in [0.2, 0.25) is 6.79 Å². The Balaban J connectivity index is 1.43. The zero-order valence-electron chi connectivity index (χ0n) is 20.0. The van der Waals surface area contributed by atoms with Crippen molar-refractivity contribution in [2.24, 2.45) is 0 Å². The average Bonchev–Trinajstić information content (AvgIpc) is 3.55. The summed E-state index contributed by atoms with van der Waals surface area (Å²) in [5, 5.41) is 6.30. The highest BCUT2D eigenvalue weighted by molar-refractivity contribution is 6.09. The molecular formula is C28H25N3O5. The number of hydrogen-bond donors (Lipinski definition) is 2. The van der Waals surface area contributed by atoms with Gasteiger partial charge in [-0.2, -0.15) is 0 Å². The van der Waals surface area contributed by atoms with Gasteiger partial charge in [-0.3, -0.25) is 9.59 Å². The van der Waals surface area contributed by atoms with E-state index in [4.69, 9.17) is 13.9 Å². The highest BCUT2D eigenvalue weighted by atomic mass is 16.7. The highest BCUT2D eigenvalue weighted by Crippen LogP contribution is 2.47. The number of dihydropyridines is 1. The molecule has 4 heterocycles. The van der Waals surface area contributed by atoms with Gasteiger partial charge in [0.05, 0.1) is 6.26 Å². The SMILES string of the molecule is CC1=C(C(=O)Nc2cccc(C)n2)[C@@H](c2ccc3c(c2)OCO3)C2=C(C[C@@H](c3ccco3)CC2=O)N1. The van der Waals surface area contributed by atoms with Gasteiger partial charge in [0.1, 0.15) is 11.6 Å². The number of allylic oxidation sites excluding steroid dienone is 3. The molecule has 0 saturated carbocycles. The average molecular weight is 484 g/mol. The Morgan fingerprint density at radius 2 is 1.92 bits per heavy atom. The number of carbonyl (C=O) groups excluding carboxylic acids is 2. The number of anilines is 1. The molecule has 2 N–H and O–H groups in total. The number of Topliss-reactive ketones (excluding diaryl/α,β-unsaturated/α-hetero) is 1. The van der Waals surface area contributed by atoms with Crippen LogP contribution in [-0.2, 0) is 9.59 Å². The second kappa shape index (κ2) is 8.71. The number of nitrogens with one attached hydrogen (secondary N) is 2. The minimum absolute atomic E-state index is 0.0145. The normalized spacial score (nSPS) is 20.8. The van der Waals surface area contributed by atoms with Crippen LogP contribution in [-0.4, -0.2) is 23.5 Å². The van der Waals surface area contributed by atoms with E-state index in [1.807, 2.05) is 56.3 Å². The molecule has 1 aromatic carbocycles. The maximum Gasteiger partial charge on any atom is 0.255 e. The Hall–Kier alpha value is -4.33. The van der Waals surface area contributed by atoms with Gasteiger partial charge in [0.15, 0.2) is 17.3 Å². The zero-order valence-corrected chi connectivity index (χ0v) is 20.0. The maximum atomic E-state index is 13.7. The number of aromatic nitrogens is 1. The minimum atomic E-state index is -0.564. The van der Waals surface area contributed by atoms with Gasteiger partial charge in [0.25, 0.3) is 5.91 Å². The number of ketones is 1. The first-order chi connectivity index (χ1) is 17.5. The summed E-state index contributed by atoms with van der Waals surface area (Å²) in [6.07, 6.45) is 2.55. The first-order valence-corrected chi connectivity index (χ1v) is 11.9. The van der Waals surface area contributed by atoms with Crippen molar-refractivity contribution in [2.75, 3.05) is 12.1 Å². The van der Waals surface area contributed by atoms with E-state index in [2.05, 4.69) is 15.6 Å². The van der Waals surface area contributed by atoms with Crippen LogP contribution in [0.4, 0.5) is 5.82 Å². The molecule has 0 unspecified atom stereocenters. The number of hydrogen-bond acceptors (Lipinski definition) is 7. The lowest BCUT2D eigenvalue weighted by Gasteiger charge is -2.36. The number of nitrogens with zero attached hydrogens (tertiary/aromatic N) is 1. The molecule has 1 amide bonds. The summed E-state index contributed by atoms with van der Waals surface area (Å²) in [6.45, 7) is 3.87. The van der Waals surface area contributed by atoms with Crippen LogP contribution in [0.3, 0.4) is 0 Å². The van der Waals surface area contributed by atoms with Crippen molar-refractivity contribution in [3.63, 3.8) is 0 Å². The lowest BCUT2D eigenvalue weighted by atomic mass is 9.72. The summed E-state index contributed by atoms with van der Waals surface area (Å²) < 4.78 is 16.7. The Labute approximate surface area is 208 Å². The van der Waals surface area contributed by atoms with Gasteiger partial charge in [-0.1, -0.05) is 12.1 Å². The van der Waals surface area contributed by atoms with Gasteiger partial charge >= 0.3 is 0 Å². The molecule has 2 aliphatic heterocycles. The quantitative estimate of drug-likeness (QED) is 0.554. The number of rotatable bonds is 4. The largest absolute Gasteiger partial charge is 0.469 e. The van der Waals surface area contributed by atoms with Crippen molar-refractivity contribution in [3.8, 4) is 11.5 Å². The summed E-state index contributed by atoms with van der Waals surface area (Å²) in [5.41, 5.74) is 4.17.